The molecule has 0 fully saturated rings. The Hall–Kier alpha value is -3.84. The third kappa shape index (κ3) is 10.3. The molecule has 0 amide bonds. The molecule has 0 saturated carbocycles. The van der Waals surface area contributed by atoms with Crippen LogP contribution in [0, 0.1) is 0 Å². The second-order valence-electron chi connectivity index (χ2n) is 10.9. The zero-order valence-corrected chi connectivity index (χ0v) is 25.4. The SMILES string of the molecule is CCNO/C(CCCc1cccc(-c2ccc(OCC)c(CC(=O)OC)c2)c1)=N\NCc1ccc(C(C)(C)C)cc1. The molecule has 0 aliphatic carbocycles. The van der Waals surface area contributed by atoms with Crippen molar-refractivity contribution < 1.29 is 19.1 Å². The highest BCUT2D eigenvalue weighted by atomic mass is 16.7. The highest BCUT2D eigenvalue weighted by molar-refractivity contribution is 5.76. The van der Waals surface area contributed by atoms with Crippen LogP contribution in [0.25, 0.3) is 11.1 Å². The van der Waals surface area contributed by atoms with E-state index in [2.05, 4.69) is 85.3 Å². The topological polar surface area (TPSA) is 81.2 Å². The minimum atomic E-state index is -0.290. The Morgan fingerprint density at radius 2 is 1.68 bits per heavy atom. The van der Waals surface area contributed by atoms with Crippen LogP contribution in [-0.4, -0.2) is 32.1 Å². The number of aryl methyl sites for hydroxylation is 1. The average Bonchev–Trinajstić information content (AvgIpc) is 2.96. The average molecular weight is 560 g/mol. The van der Waals surface area contributed by atoms with Crippen LogP contribution in [-0.2, 0) is 39.2 Å². The van der Waals surface area contributed by atoms with Gasteiger partial charge in [0.05, 0.1) is 26.7 Å². The first kappa shape index (κ1) is 31.7. The van der Waals surface area contributed by atoms with Crippen LogP contribution in [0.3, 0.4) is 0 Å². The van der Waals surface area contributed by atoms with Gasteiger partial charge >= 0.3 is 5.97 Å². The van der Waals surface area contributed by atoms with E-state index in [1.54, 1.807) is 0 Å². The summed E-state index contributed by atoms with van der Waals surface area (Å²) in [4.78, 5) is 17.7. The maximum absolute atomic E-state index is 12.0. The van der Waals surface area contributed by atoms with Gasteiger partial charge in [0.15, 0.2) is 0 Å². The van der Waals surface area contributed by atoms with E-state index in [4.69, 9.17) is 14.3 Å². The molecule has 0 bridgehead atoms. The lowest BCUT2D eigenvalue weighted by molar-refractivity contribution is -0.139. The second-order valence-corrected chi connectivity index (χ2v) is 10.9. The van der Waals surface area contributed by atoms with Crippen molar-refractivity contribution in [2.75, 3.05) is 20.3 Å². The van der Waals surface area contributed by atoms with E-state index in [0.717, 1.165) is 29.5 Å². The highest BCUT2D eigenvalue weighted by Gasteiger charge is 2.13. The lowest BCUT2D eigenvalue weighted by atomic mass is 9.87. The predicted molar refractivity (Wildman–Crippen MR) is 166 cm³/mol. The predicted octanol–water partition coefficient (Wildman–Crippen LogP) is 6.73. The third-order valence-electron chi connectivity index (χ3n) is 6.68. The van der Waals surface area contributed by atoms with E-state index >= 15 is 0 Å². The molecule has 41 heavy (non-hydrogen) atoms. The van der Waals surface area contributed by atoms with E-state index < -0.39 is 0 Å². The van der Waals surface area contributed by atoms with Crippen molar-refractivity contribution >= 4 is 11.9 Å². The van der Waals surface area contributed by atoms with Crippen molar-refractivity contribution in [1.29, 1.82) is 0 Å². The molecule has 3 aromatic carbocycles. The first-order chi connectivity index (χ1) is 19.7. The van der Waals surface area contributed by atoms with E-state index in [1.807, 2.05) is 32.0 Å². The van der Waals surface area contributed by atoms with Crippen molar-refractivity contribution in [3.05, 3.63) is 89.0 Å². The van der Waals surface area contributed by atoms with Crippen molar-refractivity contribution in [1.82, 2.24) is 10.9 Å². The zero-order chi connectivity index (χ0) is 29.7. The fraction of sp³-hybridized carbons (Fsp3) is 0.412. The summed E-state index contributed by atoms with van der Waals surface area (Å²) in [5.41, 5.74) is 12.9. The van der Waals surface area contributed by atoms with Crippen LogP contribution < -0.4 is 15.6 Å². The Morgan fingerprint density at radius 1 is 0.927 bits per heavy atom. The first-order valence-corrected chi connectivity index (χ1v) is 14.4. The number of methoxy groups -OCH3 is 1. The number of carbonyl (C=O) groups excluding carboxylic acids is 1. The molecule has 0 saturated heterocycles. The zero-order valence-electron chi connectivity index (χ0n) is 25.4. The standard InChI is InChI=1S/C34H45N3O4/c1-7-36-41-32(37-35-24-26-15-18-30(19-16-26)34(3,4)5)14-10-12-25-11-9-13-27(21-25)28-17-20-31(40-8-2)29(22-28)23-33(38)39-6/h9,11,13,15-22,35-36H,7-8,10,12,14,23-24H2,1-6H3/b37-32-. The molecule has 3 aromatic rings. The van der Waals surface area contributed by atoms with Crippen molar-refractivity contribution in [3.63, 3.8) is 0 Å². The number of carbonyl (C=O) groups is 1. The molecule has 0 unspecified atom stereocenters. The molecule has 3 rings (SSSR count). The van der Waals surface area contributed by atoms with Crippen LogP contribution in [0.2, 0.25) is 0 Å². The summed E-state index contributed by atoms with van der Waals surface area (Å²) in [5.74, 6) is 1.05. The Morgan fingerprint density at radius 3 is 2.37 bits per heavy atom. The van der Waals surface area contributed by atoms with Gasteiger partial charge in [0.2, 0.25) is 5.90 Å². The molecule has 0 aliphatic rings. The quantitative estimate of drug-likeness (QED) is 0.0986. The van der Waals surface area contributed by atoms with E-state index in [-0.39, 0.29) is 17.8 Å². The number of benzene rings is 3. The molecule has 0 heterocycles. The van der Waals surface area contributed by atoms with E-state index in [9.17, 15) is 4.79 Å². The van der Waals surface area contributed by atoms with E-state index in [1.165, 1.54) is 23.8 Å². The first-order valence-electron chi connectivity index (χ1n) is 14.4. The molecule has 220 valence electrons. The fourth-order valence-electron chi connectivity index (χ4n) is 4.40. The number of nitrogens with one attached hydrogen (secondary N) is 2. The number of esters is 1. The maximum atomic E-state index is 12.0. The summed E-state index contributed by atoms with van der Waals surface area (Å²) in [6.07, 6.45) is 2.62. The molecule has 0 atom stereocenters. The Bertz CT molecular complexity index is 1280. The Balaban J connectivity index is 1.62. The van der Waals surface area contributed by atoms with Crippen molar-refractivity contribution in [3.8, 4) is 16.9 Å². The van der Waals surface area contributed by atoms with Crippen LogP contribution in [0.4, 0.5) is 0 Å². The molecular formula is C34H45N3O4. The molecule has 0 aromatic heterocycles. The molecule has 7 nitrogen and oxygen atoms in total. The molecular weight excluding hydrogens is 514 g/mol. The number of nitrogens with zero attached hydrogens (tertiary/aromatic N) is 1. The Labute approximate surface area is 245 Å². The van der Waals surface area contributed by atoms with Gasteiger partial charge in [-0.15, -0.1) is 5.10 Å². The van der Waals surface area contributed by atoms with Gasteiger partial charge in [0.25, 0.3) is 0 Å². The molecule has 2 N–H and O–H groups in total. The summed E-state index contributed by atoms with van der Waals surface area (Å²) in [7, 11) is 1.40. The lowest BCUT2D eigenvalue weighted by Gasteiger charge is -2.19. The van der Waals surface area contributed by atoms with Crippen molar-refractivity contribution in [2.24, 2.45) is 5.10 Å². The molecule has 0 spiro atoms. The van der Waals surface area contributed by atoms with Crippen LogP contribution in [0.15, 0.2) is 71.8 Å². The lowest BCUT2D eigenvalue weighted by Crippen LogP contribution is -2.22. The van der Waals surface area contributed by atoms with Crippen LogP contribution >= 0.6 is 0 Å². The molecule has 0 aliphatic heterocycles. The number of hydroxylamine groups is 1. The van der Waals surface area contributed by atoms with Crippen LogP contribution in [0.5, 0.6) is 5.75 Å². The highest BCUT2D eigenvalue weighted by Crippen LogP contribution is 2.28. The minimum Gasteiger partial charge on any atom is -0.494 e. The van der Waals surface area contributed by atoms with E-state index in [0.29, 0.717) is 37.8 Å². The van der Waals surface area contributed by atoms with Gasteiger partial charge in [-0.1, -0.05) is 75.4 Å². The van der Waals surface area contributed by atoms with Gasteiger partial charge in [-0.2, -0.15) is 5.48 Å². The van der Waals surface area contributed by atoms with Gasteiger partial charge in [-0.25, -0.2) is 0 Å². The third-order valence-corrected chi connectivity index (χ3v) is 6.68. The van der Waals surface area contributed by atoms with Gasteiger partial charge in [0, 0.05) is 18.5 Å². The summed E-state index contributed by atoms with van der Waals surface area (Å²) < 4.78 is 10.6. The molecule has 0 radical (unpaired) electrons. The summed E-state index contributed by atoms with van der Waals surface area (Å²) in [6.45, 7) is 12.4. The number of hydrogen-bond acceptors (Lipinski definition) is 7. The number of rotatable bonds is 14. The fourth-order valence-corrected chi connectivity index (χ4v) is 4.40. The van der Waals surface area contributed by atoms with Gasteiger partial charge < -0.3 is 19.7 Å². The summed E-state index contributed by atoms with van der Waals surface area (Å²) in [5, 5.41) is 4.52. The number of hydrogen-bond donors (Lipinski definition) is 2. The number of hydrazone groups is 1. The smallest absolute Gasteiger partial charge is 0.310 e. The Kier molecular flexibility index (Phi) is 12.2. The van der Waals surface area contributed by atoms with Crippen molar-refractivity contribution in [2.45, 2.75) is 72.3 Å². The van der Waals surface area contributed by atoms with Gasteiger partial charge in [0.1, 0.15) is 5.75 Å². The minimum absolute atomic E-state index is 0.137. The number of ether oxygens (including phenoxy) is 2. The maximum Gasteiger partial charge on any atom is 0.310 e. The van der Waals surface area contributed by atoms with Crippen LogP contribution in [0.1, 0.15) is 69.7 Å². The monoisotopic (exact) mass is 559 g/mol. The van der Waals surface area contributed by atoms with Gasteiger partial charge in [-0.3, -0.25) is 4.79 Å². The normalized spacial score (nSPS) is 11.7. The largest absolute Gasteiger partial charge is 0.494 e. The van der Waals surface area contributed by atoms with Gasteiger partial charge in [-0.05, 0) is 72.1 Å². The molecule has 7 heteroatoms. The second kappa shape index (κ2) is 15.8. The summed E-state index contributed by atoms with van der Waals surface area (Å²) in [6, 6.07) is 23.1. The summed E-state index contributed by atoms with van der Waals surface area (Å²) >= 11 is 0.